The van der Waals surface area contributed by atoms with Crippen LogP contribution in [0.25, 0.3) is 0 Å². The second kappa shape index (κ2) is 6.98. The van der Waals surface area contributed by atoms with Gasteiger partial charge in [-0.2, -0.15) is 0 Å². The quantitative estimate of drug-likeness (QED) is 0.796. The normalized spacial score (nSPS) is 13.3. The van der Waals surface area contributed by atoms with Crippen LogP contribution in [0, 0.1) is 24.1 Å². The van der Waals surface area contributed by atoms with Gasteiger partial charge in [-0.05, 0) is 61.4 Å². The lowest BCUT2D eigenvalue weighted by Gasteiger charge is -2.30. The molecule has 3 heteroatoms. The summed E-state index contributed by atoms with van der Waals surface area (Å²) in [5.41, 5.74) is 7.15. The number of Topliss-reactive ketones (excluding diaryl/α,β-unsaturated/α-hetero) is 1. The highest BCUT2D eigenvalue weighted by molar-refractivity contribution is 5.97. The zero-order chi connectivity index (χ0) is 15.3. The van der Waals surface area contributed by atoms with Crippen LogP contribution in [-0.2, 0) is 0 Å². The molecule has 0 spiro atoms. The van der Waals surface area contributed by atoms with Crippen LogP contribution >= 0.6 is 0 Å². The minimum absolute atomic E-state index is 0.0915. The molecule has 0 aliphatic rings. The van der Waals surface area contributed by atoms with Crippen molar-refractivity contribution in [2.24, 2.45) is 17.1 Å². The van der Waals surface area contributed by atoms with E-state index in [2.05, 4.69) is 20.8 Å². The number of carbonyl (C=O) groups excluding carboxylic acids is 1. The van der Waals surface area contributed by atoms with Gasteiger partial charge in [0.05, 0.1) is 0 Å². The molecule has 1 atom stereocenters. The number of hydrogen-bond acceptors (Lipinski definition) is 2. The monoisotopic (exact) mass is 279 g/mol. The van der Waals surface area contributed by atoms with Gasteiger partial charge in [0.25, 0.3) is 0 Å². The van der Waals surface area contributed by atoms with Crippen LogP contribution in [0.4, 0.5) is 4.39 Å². The van der Waals surface area contributed by atoms with E-state index in [-0.39, 0.29) is 17.0 Å². The van der Waals surface area contributed by atoms with Crippen molar-refractivity contribution in [3.05, 3.63) is 35.1 Å². The van der Waals surface area contributed by atoms with Crippen molar-refractivity contribution in [1.29, 1.82) is 0 Å². The van der Waals surface area contributed by atoms with Crippen molar-refractivity contribution < 1.29 is 9.18 Å². The highest BCUT2D eigenvalue weighted by Gasteiger charge is 2.24. The first-order valence-electron chi connectivity index (χ1n) is 7.25. The van der Waals surface area contributed by atoms with Crippen LogP contribution in [0.2, 0.25) is 0 Å². The van der Waals surface area contributed by atoms with Gasteiger partial charge in [0, 0.05) is 12.0 Å². The largest absolute Gasteiger partial charge is 0.330 e. The van der Waals surface area contributed by atoms with Gasteiger partial charge in [0.15, 0.2) is 5.78 Å². The van der Waals surface area contributed by atoms with E-state index in [1.54, 1.807) is 13.0 Å². The molecule has 1 rings (SSSR count). The van der Waals surface area contributed by atoms with Crippen molar-refractivity contribution in [2.45, 2.75) is 47.0 Å². The van der Waals surface area contributed by atoms with Crippen molar-refractivity contribution in [1.82, 2.24) is 0 Å². The molecule has 0 saturated heterocycles. The molecule has 0 aromatic heterocycles. The Morgan fingerprint density at radius 3 is 2.45 bits per heavy atom. The number of carbonyl (C=O) groups is 1. The van der Waals surface area contributed by atoms with Gasteiger partial charge in [-0.1, -0.05) is 20.8 Å². The third-order valence-corrected chi connectivity index (χ3v) is 3.95. The molecule has 0 amide bonds. The molecule has 2 nitrogen and oxygen atoms in total. The fraction of sp³-hybridized carbons (Fsp3) is 0.588. The molecule has 0 heterocycles. The molecular formula is C17H26FNO. The molecule has 0 fully saturated rings. The Bertz CT molecular complexity index is 463. The molecule has 20 heavy (non-hydrogen) atoms. The van der Waals surface area contributed by atoms with E-state index in [0.717, 1.165) is 12.8 Å². The molecule has 1 aromatic carbocycles. The third kappa shape index (κ3) is 4.71. The summed E-state index contributed by atoms with van der Waals surface area (Å²) in [5, 5.41) is 0. The smallest absolute Gasteiger partial charge is 0.163 e. The van der Waals surface area contributed by atoms with Crippen molar-refractivity contribution in [2.75, 3.05) is 6.54 Å². The second-order valence-corrected chi connectivity index (χ2v) is 6.56. The van der Waals surface area contributed by atoms with E-state index < -0.39 is 0 Å². The van der Waals surface area contributed by atoms with E-state index in [0.29, 0.717) is 30.0 Å². The molecule has 112 valence electrons. The van der Waals surface area contributed by atoms with Gasteiger partial charge in [-0.3, -0.25) is 4.79 Å². The average Bonchev–Trinajstić information content (AvgIpc) is 2.32. The lowest BCUT2D eigenvalue weighted by Crippen LogP contribution is -2.24. The van der Waals surface area contributed by atoms with E-state index >= 15 is 0 Å². The lowest BCUT2D eigenvalue weighted by atomic mass is 9.75. The van der Waals surface area contributed by atoms with E-state index in [4.69, 9.17) is 5.73 Å². The maximum absolute atomic E-state index is 13.1. The predicted molar refractivity (Wildman–Crippen MR) is 81.3 cm³/mol. The number of benzene rings is 1. The van der Waals surface area contributed by atoms with Crippen LogP contribution in [0.15, 0.2) is 18.2 Å². The van der Waals surface area contributed by atoms with Crippen LogP contribution in [-0.4, -0.2) is 12.3 Å². The van der Waals surface area contributed by atoms with Crippen LogP contribution in [0.3, 0.4) is 0 Å². The average molecular weight is 279 g/mol. The maximum Gasteiger partial charge on any atom is 0.163 e. The van der Waals surface area contributed by atoms with Gasteiger partial charge in [0.2, 0.25) is 0 Å². The minimum Gasteiger partial charge on any atom is -0.330 e. The molecule has 1 unspecified atom stereocenters. The Labute approximate surface area is 121 Å². The third-order valence-electron chi connectivity index (χ3n) is 3.95. The van der Waals surface area contributed by atoms with Gasteiger partial charge >= 0.3 is 0 Å². The van der Waals surface area contributed by atoms with E-state index in [1.165, 1.54) is 12.1 Å². The molecule has 1 aromatic rings. The summed E-state index contributed by atoms with van der Waals surface area (Å²) in [6, 6.07) is 4.34. The van der Waals surface area contributed by atoms with Crippen LogP contribution in [0.1, 0.15) is 56.0 Å². The maximum atomic E-state index is 13.1. The summed E-state index contributed by atoms with van der Waals surface area (Å²) in [5.74, 6) is 0.223. The number of nitrogens with two attached hydrogens (primary N) is 1. The fourth-order valence-electron chi connectivity index (χ4n) is 2.59. The fourth-order valence-corrected chi connectivity index (χ4v) is 2.59. The minimum atomic E-state index is -0.297. The van der Waals surface area contributed by atoms with Crippen LogP contribution < -0.4 is 5.73 Å². The highest BCUT2D eigenvalue weighted by Crippen LogP contribution is 2.32. The number of ketones is 1. The summed E-state index contributed by atoms with van der Waals surface area (Å²) < 4.78 is 13.1. The Kier molecular flexibility index (Phi) is 5.88. The molecule has 0 radical (unpaired) electrons. The van der Waals surface area contributed by atoms with Crippen LogP contribution in [0.5, 0.6) is 0 Å². The summed E-state index contributed by atoms with van der Waals surface area (Å²) >= 11 is 0. The SMILES string of the molecule is Cc1cc(F)ccc1C(=O)CCC(CCN)C(C)(C)C. The van der Waals surface area contributed by atoms with E-state index in [9.17, 15) is 9.18 Å². The lowest BCUT2D eigenvalue weighted by molar-refractivity contribution is 0.0957. The van der Waals surface area contributed by atoms with Gasteiger partial charge < -0.3 is 5.73 Å². The topological polar surface area (TPSA) is 43.1 Å². The Morgan fingerprint density at radius 2 is 1.95 bits per heavy atom. The van der Waals surface area contributed by atoms with Gasteiger partial charge in [-0.15, -0.1) is 0 Å². The van der Waals surface area contributed by atoms with Crippen molar-refractivity contribution in [3.63, 3.8) is 0 Å². The first-order chi connectivity index (χ1) is 9.25. The molecule has 2 N–H and O–H groups in total. The second-order valence-electron chi connectivity index (χ2n) is 6.56. The Balaban J connectivity index is 2.70. The first-order valence-corrected chi connectivity index (χ1v) is 7.25. The zero-order valence-corrected chi connectivity index (χ0v) is 13.0. The van der Waals surface area contributed by atoms with Gasteiger partial charge in [0.1, 0.15) is 5.82 Å². The summed E-state index contributed by atoms with van der Waals surface area (Å²) in [6.45, 7) is 8.96. The summed E-state index contributed by atoms with van der Waals surface area (Å²) in [6.07, 6.45) is 2.25. The van der Waals surface area contributed by atoms with Crippen molar-refractivity contribution in [3.8, 4) is 0 Å². The number of rotatable bonds is 6. The molecule has 0 saturated carbocycles. The van der Waals surface area contributed by atoms with E-state index in [1.807, 2.05) is 0 Å². The first kappa shape index (κ1) is 16.8. The summed E-state index contributed by atoms with van der Waals surface area (Å²) in [7, 11) is 0. The number of halogens is 1. The number of aryl methyl sites for hydroxylation is 1. The predicted octanol–water partition coefficient (Wildman–Crippen LogP) is 4.11. The summed E-state index contributed by atoms with van der Waals surface area (Å²) in [4.78, 5) is 12.3. The number of hydrogen-bond donors (Lipinski definition) is 1. The zero-order valence-electron chi connectivity index (χ0n) is 13.0. The highest BCUT2D eigenvalue weighted by atomic mass is 19.1. The standard InChI is InChI=1S/C17H26FNO/c1-12-11-14(18)6-7-15(12)16(20)8-5-13(9-10-19)17(2,3)4/h6-7,11,13H,5,8-10,19H2,1-4H3. The van der Waals surface area contributed by atoms with Gasteiger partial charge in [-0.25, -0.2) is 4.39 Å². The molecular weight excluding hydrogens is 253 g/mol. The Hall–Kier alpha value is -1.22. The Morgan fingerprint density at radius 1 is 1.30 bits per heavy atom. The molecule has 0 aliphatic heterocycles. The molecule has 0 bridgehead atoms. The van der Waals surface area contributed by atoms with Crippen molar-refractivity contribution >= 4 is 5.78 Å². The molecule has 0 aliphatic carbocycles.